The number of hydrogen-bond acceptors (Lipinski definition) is 4. The van der Waals surface area contributed by atoms with E-state index in [1.807, 2.05) is 0 Å². The van der Waals surface area contributed by atoms with E-state index in [0.29, 0.717) is 17.0 Å². The highest BCUT2D eigenvalue weighted by atomic mass is 16.4. The van der Waals surface area contributed by atoms with Gasteiger partial charge in [0.25, 0.3) is 5.91 Å². The van der Waals surface area contributed by atoms with E-state index in [-0.39, 0.29) is 18.2 Å². The first kappa shape index (κ1) is 13.8. The summed E-state index contributed by atoms with van der Waals surface area (Å²) in [5.41, 5.74) is 12.3. The van der Waals surface area contributed by atoms with Crippen LogP contribution in [0.5, 0.6) is 0 Å². The zero-order valence-corrected chi connectivity index (χ0v) is 11.0. The monoisotopic (exact) mass is 273 g/mol. The molecule has 5 N–H and O–H groups in total. The number of nitrogens with two attached hydrogens (primary N) is 2. The summed E-state index contributed by atoms with van der Waals surface area (Å²) in [6.45, 7) is 2.01. The van der Waals surface area contributed by atoms with Gasteiger partial charge in [-0.2, -0.15) is 0 Å². The first-order chi connectivity index (χ1) is 9.51. The lowest BCUT2D eigenvalue weighted by molar-refractivity contribution is 0.0990. The lowest BCUT2D eigenvalue weighted by Gasteiger charge is -2.08. The van der Waals surface area contributed by atoms with E-state index in [9.17, 15) is 9.59 Å². The third kappa shape index (κ3) is 2.86. The van der Waals surface area contributed by atoms with E-state index in [1.54, 1.807) is 37.3 Å². The van der Waals surface area contributed by atoms with E-state index in [0.717, 1.165) is 5.56 Å². The maximum absolute atomic E-state index is 12.0. The summed E-state index contributed by atoms with van der Waals surface area (Å²) < 4.78 is 5.26. The average molecular weight is 273 g/mol. The van der Waals surface area contributed by atoms with Crippen molar-refractivity contribution in [3.05, 3.63) is 53.0 Å². The van der Waals surface area contributed by atoms with Gasteiger partial charge in [0.05, 0.1) is 6.54 Å². The number of carbonyl (C=O) groups is 2. The fourth-order valence-electron chi connectivity index (χ4n) is 1.75. The summed E-state index contributed by atoms with van der Waals surface area (Å²) in [6, 6.07) is 8.01. The molecule has 0 spiro atoms. The van der Waals surface area contributed by atoms with Crippen LogP contribution in [0.3, 0.4) is 0 Å². The Labute approximate surface area is 115 Å². The van der Waals surface area contributed by atoms with Gasteiger partial charge in [0, 0.05) is 11.3 Å². The number of rotatable bonds is 4. The molecular formula is C14H15N3O3. The quantitative estimate of drug-likeness (QED) is 0.781. The molecule has 2 rings (SSSR count). The Kier molecular flexibility index (Phi) is 3.86. The van der Waals surface area contributed by atoms with Crippen molar-refractivity contribution < 1.29 is 14.0 Å². The molecule has 0 fully saturated rings. The third-order valence-corrected chi connectivity index (χ3v) is 2.85. The van der Waals surface area contributed by atoms with E-state index in [2.05, 4.69) is 5.32 Å². The molecule has 0 aliphatic carbocycles. The Morgan fingerprint density at radius 3 is 2.55 bits per heavy atom. The second-order valence-corrected chi connectivity index (χ2v) is 4.32. The number of carbonyl (C=O) groups excluding carboxylic acids is 2. The Bertz CT molecular complexity index is 661. The Hall–Kier alpha value is -2.60. The molecule has 20 heavy (non-hydrogen) atoms. The maximum Gasteiger partial charge on any atom is 0.291 e. The molecule has 6 nitrogen and oxygen atoms in total. The predicted octanol–water partition coefficient (Wildman–Crippen LogP) is 1.40. The summed E-state index contributed by atoms with van der Waals surface area (Å²) >= 11 is 0. The topological polar surface area (TPSA) is 111 Å². The van der Waals surface area contributed by atoms with Gasteiger partial charge in [-0.1, -0.05) is 0 Å². The molecule has 1 aromatic carbocycles. The number of hydrogen-bond donors (Lipinski definition) is 3. The van der Waals surface area contributed by atoms with Gasteiger partial charge >= 0.3 is 0 Å². The number of anilines is 1. The van der Waals surface area contributed by atoms with Crippen LogP contribution in [0, 0.1) is 6.92 Å². The largest absolute Gasteiger partial charge is 0.455 e. The Morgan fingerprint density at radius 2 is 2.00 bits per heavy atom. The molecule has 0 unspecified atom stereocenters. The number of furan rings is 1. The first-order valence-corrected chi connectivity index (χ1v) is 6.02. The van der Waals surface area contributed by atoms with E-state index in [1.165, 1.54) is 0 Å². The molecule has 0 aliphatic rings. The molecule has 0 saturated heterocycles. The van der Waals surface area contributed by atoms with E-state index >= 15 is 0 Å². The molecule has 0 saturated carbocycles. The lowest BCUT2D eigenvalue weighted by atomic mass is 10.1. The summed E-state index contributed by atoms with van der Waals surface area (Å²) in [5, 5.41) is 2.70. The van der Waals surface area contributed by atoms with Gasteiger partial charge in [-0.3, -0.25) is 9.59 Å². The number of benzene rings is 1. The molecule has 6 heteroatoms. The van der Waals surface area contributed by atoms with Crippen molar-refractivity contribution >= 4 is 17.5 Å². The van der Waals surface area contributed by atoms with Crippen molar-refractivity contribution in [2.45, 2.75) is 13.5 Å². The Morgan fingerprint density at radius 1 is 1.25 bits per heavy atom. The highest BCUT2D eigenvalue weighted by Gasteiger charge is 2.12. The van der Waals surface area contributed by atoms with Crippen LogP contribution in [0.4, 0.5) is 5.69 Å². The number of primary amides is 1. The number of amides is 2. The normalized spacial score (nSPS) is 10.3. The first-order valence-electron chi connectivity index (χ1n) is 6.02. The summed E-state index contributed by atoms with van der Waals surface area (Å²) in [5.74, 6) is -0.163. The minimum atomic E-state index is -0.510. The van der Waals surface area contributed by atoms with Crippen LogP contribution in [0.25, 0.3) is 0 Å². The van der Waals surface area contributed by atoms with Crippen molar-refractivity contribution in [2.24, 2.45) is 11.5 Å². The van der Waals surface area contributed by atoms with Crippen LogP contribution in [0.1, 0.15) is 32.2 Å². The molecule has 104 valence electrons. The van der Waals surface area contributed by atoms with Gasteiger partial charge in [0.1, 0.15) is 5.76 Å². The molecule has 0 bridgehead atoms. The van der Waals surface area contributed by atoms with Gasteiger partial charge < -0.3 is 21.2 Å². The molecule has 1 aromatic heterocycles. The van der Waals surface area contributed by atoms with Crippen LogP contribution in [-0.2, 0) is 6.54 Å². The smallest absolute Gasteiger partial charge is 0.291 e. The van der Waals surface area contributed by atoms with E-state index in [4.69, 9.17) is 15.9 Å². The van der Waals surface area contributed by atoms with Crippen molar-refractivity contribution in [2.75, 3.05) is 5.32 Å². The zero-order chi connectivity index (χ0) is 14.7. The summed E-state index contributed by atoms with van der Waals surface area (Å²) in [4.78, 5) is 23.0. The van der Waals surface area contributed by atoms with E-state index < -0.39 is 5.91 Å². The second-order valence-electron chi connectivity index (χ2n) is 4.32. The minimum absolute atomic E-state index is 0.184. The van der Waals surface area contributed by atoms with Crippen LogP contribution < -0.4 is 16.8 Å². The summed E-state index contributed by atoms with van der Waals surface area (Å²) in [6.07, 6.45) is 0. The fourth-order valence-corrected chi connectivity index (χ4v) is 1.75. The molecule has 0 radical (unpaired) electrons. The van der Waals surface area contributed by atoms with Crippen LogP contribution in [0.15, 0.2) is 34.7 Å². The highest BCUT2D eigenvalue weighted by Crippen LogP contribution is 2.18. The van der Waals surface area contributed by atoms with Crippen LogP contribution >= 0.6 is 0 Å². The van der Waals surface area contributed by atoms with Gasteiger partial charge in [-0.15, -0.1) is 0 Å². The van der Waals surface area contributed by atoms with Gasteiger partial charge in [0.2, 0.25) is 5.91 Å². The zero-order valence-electron chi connectivity index (χ0n) is 11.0. The van der Waals surface area contributed by atoms with Crippen molar-refractivity contribution in [3.8, 4) is 0 Å². The van der Waals surface area contributed by atoms with Crippen LogP contribution in [-0.4, -0.2) is 11.8 Å². The molecule has 1 heterocycles. The highest BCUT2D eigenvalue weighted by molar-refractivity contribution is 6.03. The predicted molar refractivity (Wildman–Crippen MR) is 74.2 cm³/mol. The summed E-state index contributed by atoms with van der Waals surface area (Å²) in [7, 11) is 0. The SMILES string of the molecule is Cc1cc(C(N)=O)ccc1NC(=O)c1ccc(CN)o1. The maximum atomic E-state index is 12.0. The van der Waals surface area contributed by atoms with Crippen molar-refractivity contribution in [3.63, 3.8) is 0 Å². The van der Waals surface area contributed by atoms with Crippen molar-refractivity contribution in [1.29, 1.82) is 0 Å². The third-order valence-electron chi connectivity index (χ3n) is 2.85. The van der Waals surface area contributed by atoms with Crippen molar-refractivity contribution in [1.82, 2.24) is 0 Å². The lowest BCUT2D eigenvalue weighted by Crippen LogP contribution is -2.14. The molecule has 2 aromatic rings. The standard InChI is InChI=1S/C14H15N3O3/c1-8-6-9(13(16)18)2-4-11(8)17-14(19)12-5-3-10(7-15)20-12/h2-6H,7,15H2,1H3,(H2,16,18)(H,17,19). The molecular weight excluding hydrogens is 258 g/mol. The molecule has 0 aliphatic heterocycles. The average Bonchev–Trinajstić information content (AvgIpc) is 2.89. The molecule has 0 atom stereocenters. The van der Waals surface area contributed by atoms with Crippen LogP contribution in [0.2, 0.25) is 0 Å². The number of nitrogens with one attached hydrogen (secondary N) is 1. The second kappa shape index (κ2) is 5.58. The van der Waals surface area contributed by atoms with Gasteiger partial charge in [-0.25, -0.2) is 0 Å². The number of aryl methyl sites for hydroxylation is 1. The van der Waals surface area contributed by atoms with Gasteiger partial charge in [0.15, 0.2) is 5.76 Å². The Balaban J connectivity index is 2.17. The minimum Gasteiger partial charge on any atom is -0.455 e. The molecule has 2 amide bonds. The fraction of sp³-hybridized carbons (Fsp3) is 0.143. The van der Waals surface area contributed by atoms with Gasteiger partial charge in [-0.05, 0) is 42.8 Å².